The van der Waals surface area contributed by atoms with Gasteiger partial charge in [-0.3, -0.25) is 5.01 Å². The third-order valence-electron chi connectivity index (χ3n) is 2.24. The van der Waals surface area contributed by atoms with E-state index in [4.69, 9.17) is 5.11 Å². The predicted molar refractivity (Wildman–Crippen MR) is 66.5 cm³/mol. The van der Waals surface area contributed by atoms with Gasteiger partial charge in [-0.2, -0.15) is 0 Å². The summed E-state index contributed by atoms with van der Waals surface area (Å²) in [5.41, 5.74) is 5.26. The van der Waals surface area contributed by atoms with Crippen LogP contribution in [-0.2, 0) is 0 Å². The zero-order valence-corrected chi connectivity index (χ0v) is 8.88. The van der Waals surface area contributed by atoms with E-state index in [2.05, 4.69) is 5.43 Å². The maximum absolute atomic E-state index is 8.66. The van der Waals surface area contributed by atoms with Crippen molar-refractivity contribution in [3.8, 4) is 0 Å². The maximum Gasteiger partial charge on any atom is 0.0623 e. The van der Waals surface area contributed by atoms with E-state index in [-0.39, 0.29) is 6.61 Å². The maximum atomic E-state index is 8.66. The molecule has 0 atom stereocenters. The first-order valence-electron chi connectivity index (χ1n) is 5.16. The number of nitrogens with one attached hydrogen (secondary N) is 1. The number of aliphatic hydroxyl groups excluding tert-OH is 1. The van der Waals surface area contributed by atoms with Crippen LogP contribution in [0.15, 0.2) is 54.9 Å². The van der Waals surface area contributed by atoms with Crippen LogP contribution in [0, 0.1) is 0 Å². The van der Waals surface area contributed by atoms with Crippen LogP contribution >= 0.6 is 0 Å². The zero-order valence-electron chi connectivity index (χ0n) is 8.88. The Balaban J connectivity index is 2.10. The Hall–Kier alpha value is -2.00. The standard InChI is InChI=1S/C13H14N2O/c16-11-3-4-12-5-7-13(8-6-12)15-10-2-1-9-14-15/h1-10,14,16H,11H2. The van der Waals surface area contributed by atoms with Gasteiger partial charge in [-0.15, -0.1) is 0 Å². The monoisotopic (exact) mass is 214 g/mol. The molecule has 16 heavy (non-hydrogen) atoms. The van der Waals surface area contributed by atoms with E-state index in [0.717, 1.165) is 11.3 Å². The van der Waals surface area contributed by atoms with Crippen molar-refractivity contribution in [2.24, 2.45) is 0 Å². The molecule has 2 N–H and O–H groups in total. The molecule has 1 aliphatic rings. The number of rotatable bonds is 3. The highest BCUT2D eigenvalue weighted by atomic mass is 16.2. The van der Waals surface area contributed by atoms with Crippen molar-refractivity contribution in [1.29, 1.82) is 0 Å². The molecule has 2 rings (SSSR count). The fourth-order valence-electron chi connectivity index (χ4n) is 1.45. The number of aliphatic hydroxyl groups is 1. The van der Waals surface area contributed by atoms with E-state index < -0.39 is 0 Å². The van der Waals surface area contributed by atoms with Crippen molar-refractivity contribution in [2.75, 3.05) is 11.6 Å². The number of hydrogen-bond acceptors (Lipinski definition) is 3. The molecular formula is C13H14N2O. The minimum Gasteiger partial charge on any atom is -0.392 e. The molecule has 0 bridgehead atoms. The van der Waals surface area contributed by atoms with Crippen LogP contribution in [0.2, 0.25) is 0 Å². The Bertz CT molecular complexity index is 418. The van der Waals surface area contributed by atoms with Crippen LogP contribution in [0.4, 0.5) is 5.69 Å². The van der Waals surface area contributed by atoms with Crippen molar-refractivity contribution in [2.45, 2.75) is 0 Å². The number of hydrazine groups is 1. The Labute approximate surface area is 95.0 Å². The third kappa shape index (κ3) is 2.52. The predicted octanol–water partition coefficient (Wildman–Crippen LogP) is 2.04. The second kappa shape index (κ2) is 5.19. The highest BCUT2D eigenvalue weighted by molar-refractivity contribution is 5.57. The molecule has 82 valence electrons. The van der Waals surface area contributed by atoms with Gasteiger partial charge in [-0.05, 0) is 29.8 Å². The molecule has 0 saturated carbocycles. The molecule has 3 nitrogen and oxygen atoms in total. The summed E-state index contributed by atoms with van der Waals surface area (Å²) in [6.07, 6.45) is 11.4. The Kier molecular flexibility index (Phi) is 3.41. The number of hydrogen-bond donors (Lipinski definition) is 2. The lowest BCUT2D eigenvalue weighted by atomic mass is 10.2. The molecule has 1 aromatic carbocycles. The van der Waals surface area contributed by atoms with Crippen molar-refractivity contribution in [1.82, 2.24) is 5.43 Å². The molecule has 0 unspecified atom stereocenters. The Morgan fingerprint density at radius 2 is 2.00 bits per heavy atom. The van der Waals surface area contributed by atoms with Crippen LogP contribution in [0.5, 0.6) is 0 Å². The van der Waals surface area contributed by atoms with Gasteiger partial charge in [0.25, 0.3) is 0 Å². The van der Waals surface area contributed by atoms with Gasteiger partial charge in [-0.1, -0.05) is 24.3 Å². The summed E-state index contributed by atoms with van der Waals surface area (Å²) < 4.78 is 0. The molecule has 3 heteroatoms. The average molecular weight is 214 g/mol. The van der Waals surface area contributed by atoms with Crippen LogP contribution in [0.25, 0.3) is 6.08 Å². The van der Waals surface area contributed by atoms with Gasteiger partial charge in [0.1, 0.15) is 0 Å². The van der Waals surface area contributed by atoms with Crippen LogP contribution < -0.4 is 10.4 Å². The first kappa shape index (κ1) is 10.5. The minimum atomic E-state index is 0.0724. The first-order valence-corrected chi connectivity index (χ1v) is 5.16. The number of nitrogens with zero attached hydrogens (tertiary/aromatic N) is 1. The summed E-state index contributed by atoms with van der Waals surface area (Å²) in [5.74, 6) is 0. The highest BCUT2D eigenvalue weighted by Gasteiger charge is 2.01. The summed E-state index contributed by atoms with van der Waals surface area (Å²) in [7, 11) is 0. The van der Waals surface area contributed by atoms with Gasteiger partial charge >= 0.3 is 0 Å². The second-order valence-electron chi connectivity index (χ2n) is 3.38. The highest BCUT2D eigenvalue weighted by Crippen LogP contribution is 2.15. The Morgan fingerprint density at radius 1 is 1.19 bits per heavy atom. The Morgan fingerprint density at radius 3 is 2.62 bits per heavy atom. The third-order valence-corrected chi connectivity index (χ3v) is 2.24. The summed E-state index contributed by atoms with van der Waals surface area (Å²) in [4.78, 5) is 0. The normalized spacial score (nSPS) is 14.4. The van der Waals surface area contributed by atoms with Crippen molar-refractivity contribution >= 4 is 11.8 Å². The lowest BCUT2D eigenvalue weighted by molar-refractivity contribution is 0.343. The van der Waals surface area contributed by atoms with Crippen molar-refractivity contribution < 1.29 is 5.11 Å². The quantitative estimate of drug-likeness (QED) is 0.808. The molecule has 0 fully saturated rings. The fourth-order valence-corrected chi connectivity index (χ4v) is 1.45. The fraction of sp³-hybridized carbons (Fsp3) is 0.0769. The lowest BCUT2D eigenvalue weighted by Gasteiger charge is -2.22. The van der Waals surface area contributed by atoms with Crippen LogP contribution in [0.3, 0.4) is 0 Å². The molecule has 0 radical (unpaired) electrons. The molecule has 1 aliphatic heterocycles. The lowest BCUT2D eigenvalue weighted by Crippen LogP contribution is -2.29. The van der Waals surface area contributed by atoms with E-state index >= 15 is 0 Å². The van der Waals surface area contributed by atoms with Gasteiger partial charge in [0.15, 0.2) is 0 Å². The molecule has 0 amide bonds. The number of benzene rings is 1. The summed E-state index contributed by atoms with van der Waals surface area (Å²) >= 11 is 0. The van der Waals surface area contributed by atoms with Gasteiger partial charge in [-0.25, -0.2) is 0 Å². The molecular weight excluding hydrogens is 200 g/mol. The summed E-state index contributed by atoms with van der Waals surface area (Å²) in [5, 5.41) is 10.6. The van der Waals surface area contributed by atoms with E-state index in [9.17, 15) is 0 Å². The molecule has 0 saturated heterocycles. The molecule has 0 aliphatic carbocycles. The minimum absolute atomic E-state index is 0.0724. The zero-order chi connectivity index (χ0) is 11.2. The first-order chi connectivity index (χ1) is 7.90. The van der Waals surface area contributed by atoms with Crippen LogP contribution in [0.1, 0.15) is 5.56 Å². The van der Waals surface area contributed by atoms with E-state index in [1.807, 2.05) is 59.9 Å². The smallest absolute Gasteiger partial charge is 0.0623 e. The van der Waals surface area contributed by atoms with E-state index in [0.29, 0.717) is 0 Å². The number of anilines is 1. The van der Waals surface area contributed by atoms with Gasteiger partial charge in [0.05, 0.1) is 12.3 Å². The second-order valence-corrected chi connectivity index (χ2v) is 3.38. The van der Waals surface area contributed by atoms with E-state index in [1.165, 1.54) is 0 Å². The van der Waals surface area contributed by atoms with E-state index in [1.54, 1.807) is 6.08 Å². The molecule has 1 heterocycles. The molecule has 0 spiro atoms. The average Bonchev–Trinajstić information content (AvgIpc) is 2.38. The van der Waals surface area contributed by atoms with Crippen LogP contribution in [-0.4, -0.2) is 11.7 Å². The summed E-state index contributed by atoms with van der Waals surface area (Å²) in [6.45, 7) is 0.0724. The summed E-state index contributed by atoms with van der Waals surface area (Å²) in [6, 6.07) is 8.06. The number of allylic oxidation sites excluding steroid dienone is 2. The van der Waals surface area contributed by atoms with Gasteiger partial charge < -0.3 is 10.5 Å². The SMILES string of the molecule is OCC=Cc1ccc(N2C=CC=CN2)cc1. The largest absolute Gasteiger partial charge is 0.392 e. The van der Waals surface area contributed by atoms with Crippen molar-refractivity contribution in [3.05, 3.63) is 60.5 Å². The topological polar surface area (TPSA) is 35.5 Å². The van der Waals surface area contributed by atoms with Gasteiger partial charge in [0.2, 0.25) is 0 Å². The molecule has 1 aromatic rings. The van der Waals surface area contributed by atoms with Crippen molar-refractivity contribution in [3.63, 3.8) is 0 Å². The molecule has 0 aromatic heterocycles. The van der Waals surface area contributed by atoms with Gasteiger partial charge in [0, 0.05) is 12.4 Å².